The monoisotopic (exact) mass is 482 g/mol. The summed E-state index contributed by atoms with van der Waals surface area (Å²) in [5.74, 6) is 1.20. The highest BCUT2D eigenvalue weighted by Gasteiger charge is 2.31. The van der Waals surface area contributed by atoms with Crippen LogP contribution in [0.5, 0.6) is 5.75 Å². The van der Waals surface area contributed by atoms with E-state index in [-0.39, 0.29) is 11.0 Å². The normalized spacial score (nSPS) is 21.7. The predicted molar refractivity (Wildman–Crippen MR) is 124 cm³/mol. The number of rotatable bonds is 9. The fraction of sp³-hybridized carbons (Fsp3) is 0.478. The van der Waals surface area contributed by atoms with E-state index >= 15 is 0 Å². The number of hydrogen-bond donors (Lipinski definition) is 1. The molecule has 0 amide bonds. The van der Waals surface area contributed by atoms with Crippen LogP contribution in [0.1, 0.15) is 37.7 Å². The van der Waals surface area contributed by atoms with Crippen molar-refractivity contribution in [3.8, 4) is 5.75 Å². The third kappa shape index (κ3) is 5.93. The van der Waals surface area contributed by atoms with Crippen LogP contribution in [-0.2, 0) is 16.6 Å². The van der Waals surface area contributed by atoms with E-state index in [0.29, 0.717) is 22.5 Å². The molecule has 1 aliphatic carbocycles. The Morgan fingerprint density at radius 1 is 1.03 bits per heavy atom. The Morgan fingerprint density at radius 2 is 1.74 bits per heavy atom. The van der Waals surface area contributed by atoms with Crippen molar-refractivity contribution >= 4 is 33.2 Å². The van der Waals surface area contributed by atoms with E-state index in [2.05, 4.69) is 15.7 Å². The lowest BCUT2D eigenvalue weighted by atomic mass is 9.80. The molecule has 1 saturated heterocycles. The topological polar surface area (TPSA) is 58.6 Å². The van der Waals surface area contributed by atoms with Crippen LogP contribution in [0.4, 0.5) is 0 Å². The van der Waals surface area contributed by atoms with Gasteiger partial charge in [-0.05, 0) is 87.0 Å². The molecule has 5 nitrogen and oxygen atoms in total. The molecular weight excluding hydrogens is 455 g/mol. The van der Waals surface area contributed by atoms with E-state index in [1.165, 1.54) is 25.0 Å². The smallest absolute Gasteiger partial charge is 0.240 e. The molecule has 168 valence electrons. The maximum absolute atomic E-state index is 12.3. The van der Waals surface area contributed by atoms with Crippen molar-refractivity contribution in [1.82, 2.24) is 9.62 Å². The maximum Gasteiger partial charge on any atom is 0.240 e. The molecule has 1 aliphatic heterocycles. The molecule has 2 fully saturated rings. The van der Waals surface area contributed by atoms with Crippen LogP contribution >= 0.6 is 23.2 Å². The molecule has 2 aliphatic rings. The van der Waals surface area contributed by atoms with Crippen molar-refractivity contribution in [2.75, 3.05) is 19.6 Å². The van der Waals surface area contributed by atoms with Gasteiger partial charge in [-0.2, -0.15) is 0 Å². The van der Waals surface area contributed by atoms with E-state index in [4.69, 9.17) is 27.9 Å². The molecule has 0 bridgehead atoms. The first-order valence-corrected chi connectivity index (χ1v) is 13.1. The molecule has 0 radical (unpaired) electrons. The minimum atomic E-state index is -3.50. The van der Waals surface area contributed by atoms with Crippen molar-refractivity contribution in [3.63, 3.8) is 0 Å². The summed E-state index contributed by atoms with van der Waals surface area (Å²) in [4.78, 5) is 2.66. The van der Waals surface area contributed by atoms with Crippen LogP contribution in [0.15, 0.2) is 47.4 Å². The zero-order valence-corrected chi connectivity index (χ0v) is 19.7. The summed E-state index contributed by atoms with van der Waals surface area (Å²) in [5, 5.41) is 1.23. The highest BCUT2D eigenvalue weighted by atomic mass is 35.5. The molecule has 0 aromatic heterocycles. The summed E-state index contributed by atoms with van der Waals surface area (Å²) < 4.78 is 33.5. The summed E-state index contributed by atoms with van der Waals surface area (Å²) in [5.41, 5.74) is 1.12. The number of hydrogen-bond acceptors (Lipinski definition) is 4. The van der Waals surface area contributed by atoms with E-state index in [9.17, 15) is 8.42 Å². The molecule has 1 N–H and O–H groups in total. The van der Waals surface area contributed by atoms with Gasteiger partial charge >= 0.3 is 0 Å². The second-order valence-electron chi connectivity index (χ2n) is 8.43. The van der Waals surface area contributed by atoms with Crippen LogP contribution in [0, 0.1) is 5.92 Å². The van der Waals surface area contributed by atoms with Gasteiger partial charge in [-0.1, -0.05) is 35.3 Å². The van der Waals surface area contributed by atoms with Crippen molar-refractivity contribution in [1.29, 1.82) is 0 Å². The van der Waals surface area contributed by atoms with E-state index in [0.717, 1.165) is 50.2 Å². The molecular formula is C23H28Cl2N2O3S. The highest BCUT2D eigenvalue weighted by Crippen LogP contribution is 2.37. The average molecular weight is 483 g/mol. The van der Waals surface area contributed by atoms with Gasteiger partial charge in [-0.25, -0.2) is 13.1 Å². The molecule has 8 heteroatoms. The number of likely N-dealkylation sites (tertiary alicyclic amines) is 1. The van der Waals surface area contributed by atoms with Crippen LogP contribution in [0.25, 0.3) is 0 Å². The Labute approximate surface area is 194 Å². The van der Waals surface area contributed by atoms with Gasteiger partial charge in [-0.15, -0.1) is 0 Å². The maximum atomic E-state index is 12.3. The Kier molecular flexibility index (Phi) is 7.44. The number of nitrogens with one attached hydrogen (secondary N) is 1. The first-order chi connectivity index (χ1) is 14.9. The van der Waals surface area contributed by atoms with Gasteiger partial charge in [0.05, 0.1) is 16.0 Å². The van der Waals surface area contributed by atoms with Crippen molar-refractivity contribution in [2.24, 2.45) is 5.92 Å². The van der Waals surface area contributed by atoms with Crippen molar-refractivity contribution in [2.45, 2.75) is 49.6 Å². The van der Waals surface area contributed by atoms with Gasteiger partial charge in [0.2, 0.25) is 10.0 Å². The Balaban J connectivity index is 1.21. The van der Waals surface area contributed by atoms with Gasteiger partial charge in [-0.3, -0.25) is 4.90 Å². The molecule has 4 rings (SSSR count). The predicted octanol–water partition coefficient (Wildman–Crippen LogP) is 5.12. The molecule has 2 aromatic rings. The lowest BCUT2D eigenvalue weighted by Gasteiger charge is -2.35. The largest absolute Gasteiger partial charge is 0.489 e. The van der Waals surface area contributed by atoms with Crippen LogP contribution in [0.3, 0.4) is 0 Å². The second-order valence-corrected chi connectivity index (χ2v) is 11.0. The van der Waals surface area contributed by atoms with E-state index in [1.807, 2.05) is 12.1 Å². The van der Waals surface area contributed by atoms with Gasteiger partial charge in [0.15, 0.2) is 0 Å². The number of halogens is 2. The number of nitrogens with zero attached hydrogens (tertiary/aromatic N) is 1. The molecule has 0 spiro atoms. The molecule has 0 atom stereocenters. The lowest BCUT2D eigenvalue weighted by Crippen LogP contribution is -2.36. The van der Waals surface area contributed by atoms with Crippen LogP contribution in [-0.4, -0.2) is 39.1 Å². The first-order valence-electron chi connectivity index (χ1n) is 10.8. The third-order valence-electron chi connectivity index (χ3n) is 6.09. The Hall–Kier alpha value is -1.31. The van der Waals surface area contributed by atoms with Gasteiger partial charge in [0, 0.05) is 18.1 Å². The van der Waals surface area contributed by atoms with Gasteiger partial charge in [0.25, 0.3) is 0 Å². The van der Waals surface area contributed by atoms with Crippen LogP contribution < -0.4 is 9.46 Å². The summed E-state index contributed by atoms with van der Waals surface area (Å²) in [7, 11) is -3.50. The van der Waals surface area contributed by atoms with E-state index < -0.39 is 10.0 Å². The first kappa shape index (κ1) is 22.9. The fourth-order valence-electron chi connectivity index (χ4n) is 4.23. The molecule has 1 heterocycles. The quantitative estimate of drug-likeness (QED) is 0.538. The van der Waals surface area contributed by atoms with Gasteiger partial charge < -0.3 is 4.74 Å². The lowest BCUT2D eigenvalue weighted by molar-refractivity contribution is 0.0614. The minimum Gasteiger partial charge on any atom is -0.489 e. The van der Waals surface area contributed by atoms with Gasteiger partial charge in [0.1, 0.15) is 5.75 Å². The van der Waals surface area contributed by atoms with E-state index in [1.54, 1.807) is 12.1 Å². The minimum absolute atomic E-state index is 0.136. The highest BCUT2D eigenvalue weighted by molar-refractivity contribution is 7.89. The zero-order valence-electron chi connectivity index (χ0n) is 17.4. The van der Waals surface area contributed by atoms with Crippen LogP contribution in [0.2, 0.25) is 10.0 Å². The summed E-state index contributed by atoms with van der Waals surface area (Å²) >= 11 is 12.4. The number of benzene rings is 2. The van der Waals surface area contributed by atoms with Crippen molar-refractivity contribution < 1.29 is 13.2 Å². The number of sulfonamides is 1. The SMILES string of the molecule is O=S(=O)(NCCC1CC(Oc2cccc(CN3CCCC3)c2Cl)C1)c1ccc(Cl)cc1. The summed E-state index contributed by atoms with van der Waals surface area (Å²) in [6.45, 7) is 3.55. The molecule has 1 saturated carbocycles. The zero-order chi connectivity index (χ0) is 21.8. The Morgan fingerprint density at radius 3 is 2.45 bits per heavy atom. The number of ether oxygens (including phenoxy) is 1. The molecule has 0 unspecified atom stereocenters. The summed E-state index contributed by atoms with van der Waals surface area (Å²) in [6.07, 6.45) is 5.26. The molecule has 2 aromatic carbocycles. The second kappa shape index (κ2) is 10.1. The fourth-order valence-corrected chi connectivity index (χ4v) is 5.64. The molecule has 31 heavy (non-hydrogen) atoms. The average Bonchev–Trinajstić information content (AvgIpc) is 3.22. The Bertz CT molecular complexity index is 986. The van der Waals surface area contributed by atoms with Crippen molar-refractivity contribution in [3.05, 3.63) is 58.1 Å². The third-order valence-corrected chi connectivity index (χ3v) is 8.25. The standard InChI is InChI=1S/C23H28Cl2N2O3S/c24-19-6-8-21(9-7-19)31(28,29)26-11-10-17-14-20(15-17)30-22-5-3-4-18(23(22)25)16-27-12-1-2-13-27/h3-9,17,20,26H,1-2,10-16H2. The summed E-state index contributed by atoms with van der Waals surface area (Å²) in [6, 6.07) is 12.2.